The van der Waals surface area contributed by atoms with Gasteiger partial charge in [-0.2, -0.15) is 0 Å². The van der Waals surface area contributed by atoms with Crippen LogP contribution in [0, 0.1) is 0 Å². The second-order valence-corrected chi connectivity index (χ2v) is 9.94. The van der Waals surface area contributed by atoms with Gasteiger partial charge in [0.15, 0.2) is 12.6 Å². The summed E-state index contributed by atoms with van der Waals surface area (Å²) in [4.78, 5) is 41.6. The Morgan fingerprint density at radius 1 is 0.868 bits per heavy atom. The summed E-state index contributed by atoms with van der Waals surface area (Å²) in [5, 5.41) is 65.2. The molecule has 0 aliphatic carbocycles. The van der Waals surface area contributed by atoms with Crippen LogP contribution >= 0.6 is 7.82 Å². The first-order chi connectivity index (χ1) is 17.7. The minimum Gasteiger partial charge on any atom is -0.394 e. The molecule has 11 atom stereocenters. The number of phosphoric acid groups is 1. The fourth-order valence-corrected chi connectivity index (χ4v) is 4.34. The minimum atomic E-state index is -4.95. The van der Waals surface area contributed by atoms with Crippen molar-refractivity contribution in [1.29, 1.82) is 0 Å². The van der Waals surface area contributed by atoms with E-state index in [4.69, 9.17) is 28.7 Å². The second-order valence-electron chi connectivity index (χ2n) is 8.70. The van der Waals surface area contributed by atoms with E-state index in [9.17, 15) is 44.8 Å². The lowest BCUT2D eigenvalue weighted by molar-refractivity contribution is -0.333. The zero-order chi connectivity index (χ0) is 28.8. The predicted molar refractivity (Wildman–Crippen MR) is 120 cm³/mol. The number of nitrogens with one attached hydrogen (secondary N) is 2. The van der Waals surface area contributed by atoms with Crippen molar-refractivity contribution < 1.29 is 78.1 Å². The normalized spacial score (nSPS) is 36.9. The third-order valence-corrected chi connectivity index (χ3v) is 6.21. The molecule has 0 radical (unpaired) electrons. The Bertz CT molecular complexity index is 831. The molecule has 19 heteroatoms. The van der Waals surface area contributed by atoms with Gasteiger partial charge in [0.05, 0.1) is 26.4 Å². The van der Waals surface area contributed by atoms with E-state index in [1.165, 1.54) is 0 Å². The Balaban J connectivity index is 2.39. The SMILES string of the molecule is CC(=O)N[C@H]1[C@@H](O[C@H]2[C@@H](O)[C@@H](CO)O[C@@H](OC(CO)COP(=O)(O)O)[C@@H]2NC(C)=O)O[C@H](CO)[C@H](O)[C@@H]1O. The Hall–Kier alpha value is -1.35. The van der Waals surface area contributed by atoms with Gasteiger partial charge in [-0.05, 0) is 0 Å². The quantitative estimate of drug-likeness (QED) is 0.0966. The topological polar surface area (TPSA) is 283 Å². The molecule has 2 saturated heterocycles. The van der Waals surface area contributed by atoms with Gasteiger partial charge in [-0.15, -0.1) is 0 Å². The lowest BCUT2D eigenvalue weighted by atomic mass is 9.94. The summed E-state index contributed by atoms with van der Waals surface area (Å²) in [7, 11) is -4.95. The summed E-state index contributed by atoms with van der Waals surface area (Å²) in [6.45, 7) is -1.01. The molecule has 0 aromatic rings. The van der Waals surface area contributed by atoms with Crippen LogP contribution in [0.15, 0.2) is 0 Å². The van der Waals surface area contributed by atoms with Crippen molar-refractivity contribution in [2.24, 2.45) is 0 Å². The number of ether oxygens (including phenoxy) is 4. The summed E-state index contributed by atoms with van der Waals surface area (Å²) in [5.74, 6) is -1.34. The van der Waals surface area contributed by atoms with E-state index in [2.05, 4.69) is 15.2 Å². The standard InChI is InChI=1S/C19H35N2O16P/c1-7(25)20-12-16(29)14(27)10(4-23)35-18(12)37-17-13(21-8(2)26)19(36-11(5-24)15(17)28)34-9(3-22)6-33-38(30,31)32/h9-19,22-24,27-29H,3-6H2,1-2H3,(H,20,25)(H,21,26)(H2,30,31,32)/t9?,10-,11-,12-,13-,14+,15+,16-,17-,18-,19-/m1/s1. The summed E-state index contributed by atoms with van der Waals surface area (Å²) >= 11 is 0. The fourth-order valence-electron chi connectivity index (χ4n) is 3.98. The molecule has 0 aromatic heterocycles. The number of aliphatic hydroxyl groups is 6. The molecule has 2 amide bonds. The van der Waals surface area contributed by atoms with Gasteiger partial charge >= 0.3 is 7.82 Å². The highest BCUT2D eigenvalue weighted by Crippen LogP contribution is 2.36. The molecule has 18 nitrogen and oxygen atoms in total. The zero-order valence-electron chi connectivity index (χ0n) is 20.5. The van der Waals surface area contributed by atoms with Crippen LogP contribution in [0.25, 0.3) is 0 Å². The average molecular weight is 578 g/mol. The van der Waals surface area contributed by atoms with Crippen molar-refractivity contribution >= 4 is 19.6 Å². The molecule has 2 rings (SSSR count). The fraction of sp³-hybridized carbons (Fsp3) is 0.895. The van der Waals surface area contributed by atoms with Crippen molar-refractivity contribution in [1.82, 2.24) is 10.6 Å². The van der Waals surface area contributed by atoms with Gasteiger partial charge in [-0.3, -0.25) is 14.1 Å². The van der Waals surface area contributed by atoms with Crippen LogP contribution in [-0.4, -0.2) is 146 Å². The van der Waals surface area contributed by atoms with Crippen LogP contribution < -0.4 is 10.6 Å². The van der Waals surface area contributed by atoms with Crippen LogP contribution in [0.4, 0.5) is 0 Å². The third kappa shape index (κ3) is 8.83. The molecule has 2 heterocycles. The number of hydrogen-bond acceptors (Lipinski definition) is 14. The maximum atomic E-state index is 12.0. The minimum absolute atomic E-state index is 0.655. The largest absolute Gasteiger partial charge is 0.469 e. The number of aliphatic hydroxyl groups excluding tert-OH is 6. The first-order valence-corrected chi connectivity index (χ1v) is 13.0. The first kappa shape index (κ1) is 32.9. The molecule has 0 saturated carbocycles. The molecule has 2 fully saturated rings. The lowest BCUT2D eigenvalue weighted by Crippen LogP contribution is -2.70. The second kappa shape index (κ2) is 14.3. The van der Waals surface area contributed by atoms with E-state index in [0.29, 0.717) is 0 Å². The smallest absolute Gasteiger partial charge is 0.394 e. The van der Waals surface area contributed by atoms with Crippen LogP contribution in [0.2, 0.25) is 0 Å². The van der Waals surface area contributed by atoms with Crippen molar-refractivity contribution in [3.05, 3.63) is 0 Å². The van der Waals surface area contributed by atoms with Crippen LogP contribution in [-0.2, 0) is 37.6 Å². The molecule has 0 spiro atoms. The van der Waals surface area contributed by atoms with E-state index in [-0.39, 0.29) is 0 Å². The number of carbonyl (C=O) groups excluding carboxylic acids is 2. The number of amides is 2. The van der Waals surface area contributed by atoms with Crippen molar-refractivity contribution in [2.75, 3.05) is 26.4 Å². The molecular weight excluding hydrogens is 543 g/mol. The van der Waals surface area contributed by atoms with E-state index in [1.807, 2.05) is 0 Å². The van der Waals surface area contributed by atoms with Gasteiger partial charge in [0, 0.05) is 13.8 Å². The van der Waals surface area contributed by atoms with E-state index in [0.717, 1.165) is 13.8 Å². The van der Waals surface area contributed by atoms with Gasteiger partial charge in [0.1, 0.15) is 54.8 Å². The molecule has 2 aliphatic rings. The van der Waals surface area contributed by atoms with Crippen LogP contribution in [0.3, 0.4) is 0 Å². The number of rotatable bonds is 12. The van der Waals surface area contributed by atoms with Gasteiger partial charge in [-0.1, -0.05) is 0 Å². The number of carbonyl (C=O) groups is 2. The lowest BCUT2D eigenvalue weighted by Gasteiger charge is -2.48. The van der Waals surface area contributed by atoms with E-state index >= 15 is 0 Å². The van der Waals surface area contributed by atoms with Gasteiger partial charge < -0.3 is 70.0 Å². The Morgan fingerprint density at radius 3 is 1.89 bits per heavy atom. The van der Waals surface area contributed by atoms with Crippen LogP contribution in [0.5, 0.6) is 0 Å². The Morgan fingerprint density at radius 2 is 1.39 bits per heavy atom. The molecule has 222 valence electrons. The van der Waals surface area contributed by atoms with Gasteiger partial charge in [0.25, 0.3) is 0 Å². The van der Waals surface area contributed by atoms with Gasteiger partial charge in [0.2, 0.25) is 11.8 Å². The van der Waals surface area contributed by atoms with E-state index < -0.39 is 113 Å². The summed E-state index contributed by atoms with van der Waals surface area (Å²) < 4.78 is 37.7. The highest BCUT2D eigenvalue weighted by molar-refractivity contribution is 7.46. The highest BCUT2D eigenvalue weighted by atomic mass is 31.2. The number of phosphoric ester groups is 1. The number of hydrogen-bond donors (Lipinski definition) is 10. The van der Waals surface area contributed by atoms with Crippen LogP contribution in [0.1, 0.15) is 13.8 Å². The molecular formula is C19H35N2O16P. The monoisotopic (exact) mass is 578 g/mol. The zero-order valence-corrected chi connectivity index (χ0v) is 21.4. The summed E-state index contributed by atoms with van der Waals surface area (Å²) in [5.41, 5.74) is 0. The van der Waals surface area contributed by atoms with Crippen molar-refractivity contribution in [3.63, 3.8) is 0 Å². The van der Waals surface area contributed by atoms with Crippen molar-refractivity contribution in [3.8, 4) is 0 Å². The maximum absolute atomic E-state index is 12.0. The molecule has 10 N–H and O–H groups in total. The maximum Gasteiger partial charge on any atom is 0.469 e. The molecule has 1 unspecified atom stereocenters. The average Bonchev–Trinajstić information content (AvgIpc) is 2.83. The third-order valence-electron chi connectivity index (χ3n) is 5.72. The van der Waals surface area contributed by atoms with Gasteiger partial charge in [-0.25, -0.2) is 4.57 Å². The molecule has 38 heavy (non-hydrogen) atoms. The molecule has 0 bridgehead atoms. The molecule has 0 aromatic carbocycles. The predicted octanol–water partition coefficient (Wildman–Crippen LogP) is -5.62. The summed E-state index contributed by atoms with van der Waals surface area (Å²) in [6.07, 6.45) is -14.1. The highest BCUT2D eigenvalue weighted by Gasteiger charge is 2.52. The Labute approximate surface area is 216 Å². The summed E-state index contributed by atoms with van der Waals surface area (Å²) in [6, 6.07) is -2.86. The first-order valence-electron chi connectivity index (χ1n) is 11.4. The van der Waals surface area contributed by atoms with E-state index in [1.54, 1.807) is 0 Å². The molecule has 2 aliphatic heterocycles. The Kier molecular flexibility index (Phi) is 12.4. The van der Waals surface area contributed by atoms with Crippen molar-refractivity contribution in [2.45, 2.75) is 81.2 Å².